The highest BCUT2D eigenvalue weighted by atomic mass is 32.2. The standard InChI is InChI=1S/C29H34N6O4S/c1-21-5-3-4-16-35(21)40(38,39)26-12-8-23(9-13-26)27-14-15-30-29(32-27)31-25-10-6-24(7-11-25)28(37)34-19-17-33(18-20-34)22(2)36/h6-15,21H,3-5,16-20H2,1-2H3,(H,30,31,32). The Labute approximate surface area is 235 Å². The van der Waals surface area contributed by atoms with Gasteiger partial charge in [0.2, 0.25) is 21.9 Å². The molecule has 1 N–H and O–H groups in total. The summed E-state index contributed by atoms with van der Waals surface area (Å²) in [6.07, 6.45) is 4.46. The first kappa shape index (κ1) is 27.7. The van der Waals surface area contributed by atoms with Crippen molar-refractivity contribution in [2.75, 3.05) is 38.0 Å². The van der Waals surface area contributed by atoms with E-state index in [-0.39, 0.29) is 22.8 Å². The average molecular weight is 563 g/mol. The number of sulfonamides is 1. The molecule has 2 aliphatic rings. The Bertz CT molecular complexity index is 1470. The lowest BCUT2D eigenvalue weighted by molar-refractivity contribution is -0.130. The summed E-state index contributed by atoms with van der Waals surface area (Å²) in [7, 11) is -3.54. The molecule has 5 rings (SSSR count). The van der Waals surface area contributed by atoms with Crippen LogP contribution < -0.4 is 5.32 Å². The van der Waals surface area contributed by atoms with Crippen molar-refractivity contribution in [1.82, 2.24) is 24.1 Å². The summed E-state index contributed by atoms with van der Waals surface area (Å²) < 4.78 is 27.9. The van der Waals surface area contributed by atoms with Gasteiger partial charge in [-0.05, 0) is 62.2 Å². The van der Waals surface area contributed by atoms with Crippen molar-refractivity contribution in [1.29, 1.82) is 0 Å². The minimum atomic E-state index is -3.54. The van der Waals surface area contributed by atoms with E-state index >= 15 is 0 Å². The van der Waals surface area contributed by atoms with E-state index < -0.39 is 10.0 Å². The molecule has 0 bridgehead atoms. The number of amides is 2. The molecule has 2 fully saturated rings. The fourth-order valence-corrected chi connectivity index (χ4v) is 6.87. The van der Waals surface area contributed by atoms with E-state index in [0.29, 0.717) is 49.9 Å². The molecule has 0 saturated carbocycles. The van der Waals surface area contributed by atoms with Crippen LogP contribution in [0.25, 0.3) is 11.3 Å². The first-order valence-electron chi connectivity index (χ1n) is 13.6. The molecule has 2 amide bonds. The third-order valence-corrected chi connectivity index (χ3v) is 9.58. The van der Waals surface area contributed by atoms with Gasteiger partial charge in [0.15, 0.2) is 0 Å². The SMILES string of the molecule is CC(=O)N1CCN(C(=O)c2ccc(Nc3nccc(-c4ccc(S(=O)(=O)N5CCCCC5C)cc4)n3)cc2)CC1. The maximum atomic E-state index is 13.1. The van der Waals surface area contributed by atoms with Gasteiger partial charge < -0.3 is 15.1 Å². The van der Waals surface area contributed by atoms with Gasteiger partial charge in [0.05, 0.1) is 10.6 Å². The second-order valence-corrected chi connectivity index (χ2v) is 12.1. The summed E-state index contributed by atoms with van der Waals surface area (Å²) in [5.74, 6) is 0.352. The van der Waals surface area contributed by atoms with Crippen molar-refractivity contribution in [3.63, 3.8) is 0 Å². The number of piperazine rings is 1. The van der Waals surface area contributed by atoms with Crippen LogP contribution in [0.2, 0.25) is 0 Å². The van der Waals surface area contributed by atoms with Gasteiger partial charge >= 0.3 is 0 Å². The van der Waals surface area contributed by atoms with E-state index in [2.05, 4.69) is 15.3 Å². The molecule has 3 aromatic rings. The zero-order valence-electron chi connectivity index (χ0n) is 22.8. The van der Waals surface area contributed by atoms with Crippen molar-refractivity contribution < 1.29 is 18.0 Å². The molecule has 1 unspecified atom stereocenters. The quantitative estimate of drug-likeness (QED) is 0.486. The minimum absolute atomic E-state index is 0.00424. The number of anilines is 2. The fraction of sp³-hybridized carbons (Fsp3) is 0.379. The van der Waals surface area contributed by atoms with Gasteiger partial charge in [0.1, 0.15) is 0 Å². The highest BCUT2D eigenvalue weighted by Gasteiger charge is 2.31. The first-order valence-corrected chi connectivity index (χ1v) is 15.0. The summed E-state index contributed by atoms with van der Waals surface area (Å²) in [4.78, 5) is 37.1. The zero-order valence-corrected chi connectivity index (χ0v) is 23.6. The molecular formula is C29H34N6O4S. The molecule has 2 aromatic carbocycles. The Kier molecular flexibility index (Phi) is 8.13. The van der Waals surface area contributed by atoms with E-state index in [0.717, 1.165) is 30.5 Å². The van der Waals surface area contributed by atoms with Gasteiger partial charge in [-0.1, -0.05) is 18.6 Å². The van der Waals surface area contributed by atoms with Crippen LogP contribution in [0.15, 0.2) is 65.7 Å². The topological polar surface area (TPSA) is 116 Å². The molecule has 210 valence electrons. The molecule has 40 heavy (non-hydrogen) atoms. The van der Waals surface area contributed by atoms with E-state index in [1.165, 1.54) is 0 Å². The van der Waals surface area contributed by atoms with Gasteiger partial charge in [-0.2, -0.15) is 4.31 Å². The van der Waals surface area contributed by atoms with Gasteiger partial charge in [0.25, 0.3) is 5.91 Å². The number of aromatic nitrogens is 2. The molecular weight excluding hydrogens is 528 g/mol. The summed E-state index contributed by atoms with van der Waals surface area (Å²) in [6.45, 7) is 6.19. The molecule has 1 atom stereocenters. The van der Waals surface area contributed by atoms with Gasteiger partial charge in [-0.15, -0.1) is 0 Å². The van der Waals surface area contributed by atoms with Crippen LogP contribution in [0.1, 0.15) is 43.5 Å². The lowest BCUT2D eigenvalue weighted by Crippen LogP contribution is -2.50. The number of hydrogen-bond acceptors (Lipinski definition) is 7. The summed E-state index contributed by atoms with van der Waals surface area (Å²) in [5, 5.41) is 3.17. The molecule has 3 heterocycles. The number of benzene rings is 2. The molecule has 0 aliphatic carbocycles. The Morgan fingerprint density at radius 1 is 0.875 bits per heavy atom. The van der Waals surface area contributed by atoms with Gasteiger partial charge in [0, 0.05) is 68.7 Å². The van der Waals surface area contributed by atoms with Crippen molar-refractivity contribution in [2.24, 2.45) is 0 Å². The highest BCUT2D eigenvalue weighted by molar-refractivity contribution is 7.89. The van der Waals surface area contributed by atoms with E-state index in [4.69, 9.17) is 0 Å². The normalized spacial score (nSPS) is 18.4. The van der Waals surface area contributed by atoms with E-state index in [1.54, 1.807) is 81.8 Å². The van der Waals surface area contributed by atoms with Crippen molar-refractivity contribution in [3.05, 3.63) is 66.4 Å². The maximum absolute atomic E-state index is 13.1. The second kappa shape index (κ2) is 11.7. The third-order valence-electron chi connectivity index (χ3n) is 7.55. The molecule has 0 spiro atoms. The van der Waals surface area contributed by atoms with Crippen LogP contribution in [0.5, 0.6) is 0 Å². The molecule has 0 radical (unpaired) electrons. The number of carbonyl (C=O) groups is 2. The summed E-state index contributed by atoms with van der Waals surface area (Å²) in [6, 6.07) is 15.7. The van der Waals surface area contributed by atoms with Crippen molar-refractivity contribution in [3.8, 4) is 11.3 Å². The predicted molar refractivity (Wildman–Crippen MR) is 153 cm³/mol. The first-order chi connectivity index (χ1) is 19.2. The van der Waals surface area contributed by atoms with Crippen LogP contribution in [-0.2, 0) is 14.8 Å². The van der Waals surface area contributed by atoms with Crippen LogP contribution in [0.4, 0.5) is 11.6 Å². The molecule has 2 saturated heterocycles. The summed E-state index contributed by atoms with van der Waals surface area (Å²) in [5.41, 5.74) is 2.74. The monoisotopic (exact) mass is 562 g/mol. The Morgan fingerprint density at radius 2 is 1.55 bits per heavy atom. The Balaban J connectivity index is 1.24. The average Bonchev–Trinajstić information content (AvgIpc) is 2.97. The number of piperidine rings is 1. The van der Waals surface area contributed by atoms with Gasteiger partial charge in [-0.3, -0.25) is 9.59 Å². The van der Waals surface area contributed by atoms with E-state index in [9.17, 15) is 18.0 Å². The highest BCUT2D eigenvalue weighted by Crippen LogP contribution is 2.27. The van der Waals surface area contributed by atoms with Crippen LogP contribution in [0.3, 0.4) is 0 Å². The van der Waals surface area contributed by atoms with Crippen LogP contribution in [0, 0.1) is 0 Å². The third kappa shape index (κ3) is 6.00. The lowest BCUT2D eigenvalue weighted by atomic mass is 10.1. The Hall–Kier alpha value is -3.83. The molecule has 10 nitrogen and oxygen atoms in total. The minimum Gasteiger partial charge on any atom is -0.339 e. The fourth-order valence-electron chi connectivity index (χ4n) is 5.17. The lowest BCUT2D eigenvalue weighted by Gasteiger charge is -2.34. The van der Waals surface area contributed by atoms with Crippen LogP contribution in [-0.4, -0.2) is 83.1 Å². The van der Waals surface area contributed by atoms with Crippen molar-refractivity contribution >= 4 is 33.5 Å². The number of carbonyl (C=O) groups excluding carboxylic acids is 2. The smallest absolute Gasteiger partial charge is 0.253 e. The number of nitrogens with zero attached hydrogens (tertiary/aromatic N) is 5. The second-order valence-electron chi connectivity index (χ2n) is 10.3. The maximum Gasteiger partial charge on any atom is 0.253 e. The van der Waals surface area contributed by atoms with E-state index in [1.807, 2.05) is 6.92 Å². The van der Waals surface area contributed by atoms with Gasteiger partial charge in [-0.25, -0.2) is 18.4 Å². The predicted octanol–water partition coefficient (Wildman–Crippen LogP) is 3.75. The molecule has 2 aliphatic heterocycles. The number of nitrogens with one attached hydrogen (secondary N) is 1. The zero-order chi connectivity index (χ0) is 28.3. The van der Waals surface area contributed by atoms with Crippen molar-refractivity contribution in [2.45, 2.75) is 44.0 Å². The number of rotatable bonds is 6. The number of hydrogen-bond donors (Lipinski definition) is 1. The van der Waals surface area contributed by atoms with Crippen LogP contribution >= 0.6 is 0 Å². The summed E-state index contributed by atoms with van der Waals surface area (Å²) >= 11 is 0. The Morgan fingerprint density at radius 3 is 2.20 bits per heavy atom. The molecule has 1 aromatic heterocycles. The largest absolute Gasteiger partial charge is 0.339 e. The molecule has 11 heteroatoms.